The van der Waals surface area contributed by atoms with Crippen molar-refractivity contribution in [1.29, 1.82) is 0 Å². The Kier molecular flexibility index (Phi) is 4.32. The van der Waals surface area contributed by atoms with Crippen LogP contribution in [-0.4, -0.2) is 0 Å². The molecule has 2 aromatic rings. The molecule has 0 aliphatic heterocycles. The standard InChI is InChI=1S/C13H3ClF8/c14-5-1-4(6(15)2-3(5)13(21)22)7-8(16)10(18)12(20)11(19)9(7)17/h1-2,13H. The largest absolute Gasteiger partial charge is 0.265 e. The van der Waals surface area contributed by atoms with Crippen LogP contribution in [0.3, 0.4) is 0 Å². The Balaban J connectivity index is 2.81. The van der Waals surface area contributed by atoms with E-state index in [1.54, 1.807) is 0 Å². The lowest BCUT2D eigenvalue weighted by molar-refractivity contribution is 0.151. The fraction of sp³-hybridized carbons (Fsp3) is 0.0769. The second kappa shape index (κ2) is 5.75. The molecule has 118 valence electrons. The summed E-state index contributed by atoms with van der Waals surface area (Å²) in [7, 11) is 0. The maximum Gasteiger partial charge on any atom is 0.265 e. The van der Waals surface area contributed by atoms with Gasteiger partial charge in [0.2, 0.25) is 5.82 Å². The predicted molar refractivity (Wildman–Crippen MR) is 61.6 cm³/mol. The van der Waals surface area contributed by atoms with Crippen molar-refractivity contribution in [2.45, 2.75) is 6.43 Å². The van der Waals surface area contributed by atoms with E-state index >= 15 is 0 Å². The van der Waals surface area contributed by atoms with Gasteiger partial charge >= 0.3 is 0 Å². The maximum absolute atomic E-state index is 13.7. The van der Waals surface area contributed by atoms with Gasteiger partial charge in [-0.2, -0.15) is 0 Å². The van der Waals surface area contributed by atoms with Crippen molar-refractivity contribution in [3.63, 3.8) is 0 Å². The predicted octanol–water partition coefficient (Wildman–Crippen LogP) is 5.78. The van der Waals surface area contributed by atoms with E-state index in [0.29, 0.717) is 6.07 Å². The van der Waals surface area contributed by atoms with Gasteiger partial charge in [0.1, 0.15) is 5.82 Å². The van der Waals surface area contributed by atoms with E-state index in [4.69, 9.17) is 11.6 Å². The number of benzene rings is 2. The van der Waals surface area contributed by atoms with E-state index in [1.165, 1.54) is 0 Å². The van der Waals surface area contributed by atoms with E-state index in [0.717, 1.165) is 0 Å². The molecule has 0 nitrogen and oxygen atoms in total. The zero-order valence-electron chi connectivity index (χ0n) is 10.1. The second-order valence-electron chi connectivity index (χ2n) is 4.10. The third-order valence-corrected chi connectivity index (χ3v) is 3.13. The molecule has 2 rings (SSSR count). The molecule has 0 aromatic heterocycles. The quantitative estimate of drug-likeness (QED) is 0.367. The first kappa shape index (κ1) is 16.5. The van der Waals surface area contributed by atoms with Crippen molar-refractivity contribution in [1.82, 2.24) is 0 Å². The molecule has 0 saturated carbocycles. The Morgan fingerprint density at radius 1 is 0.727 bits per heavy atom. The molecule has 22 heavy (non-hydrogen) atoms. The molecule has 9 heteroatoms. The molecule has 0 aliphatic carbocycles. The van der Waals surface area contributed by atoms with Gasteiger partial charge in [0.05, 0.1) is 10.6 Å². The Bertz CT molecular complexity index is 727. The van der Waals surface area contributed by atoms with Gasteiger partial charge in [0.15, 0.2) is 23.3 Å². The van der Waals surface area contributed by atoms with Crippen LogP contribution < -0.4 is 0 Å². The summed E-state index contributed by atoms with van der Waals surface area (Å²) in [6.07, 6.45) is -3.19. The summed E-state index contributed by atoms with van der Waals surface area (Å²) in [6, 6.07) is 0.539. The van der Waals surface area contributed by atoms with Crippen LogP contribution >= 0.6 is 11.6 Å². The highest BCUT2D eigenvalue weighted by molar-refractivity contribution is 6.31. The van der Waals surface area contributed by atoms with Crippen molar-refractivity contribution in [3.05, 3.63) is 57.6 Å². The molecule has 0 bridgehead atoms. The Morgan fingerprint density at radius 2 is 1.18 bits per heavy atom. The average Bonchev–Trinajstić information content (AvgIpc) is 2.46. The minimum absolute atomic E-state index is 0.167. The van der Waals surface area contributed by atoms with Crippen molar-refractivity contribution in [3.8, 4) is 11.1 Å². The van der Waals surface area contributed by atoms with Crippen LogP contribution in [0.15, 0.2) is 12.1 Å². The van der Waals surface area contributed by atoms with Crippen LogP contribution in [0.2, 0.25) is 5.02 Å². The number of hydrogen-bond acceptors (Lipinski definition) is 0. The third kappa shape index (κ3) is 2.51. The van der Waals surface area contributed by atoms with Crippen LogP contribution in [0.1, 0.15) is 12.0 Å². The SMILES string of the molecule is Fc1cc(C(F)F)c(Cl)cc1-c1c(F)c(F)c(F)c(F)c1F. The molecule has 0 aliphatic rings. The van der Waals surface area contributed by atoms with Gasteiger partial charge in [-0.25, -0.2) is 35.1 Å². The van der Waals surface area contributed by atoms with E-state index in [1.807, 2.05) is 0 Å². The fourth-order valence-electron chi connectivity index (χ4n) is 1.76. The zero-order valence-corrected chi connectivity index (χ0v) is 10.9. The normalized spacial score (nSPS) is 11.4. The monoisotopic (exact) mass is 346 g/mol. The molecular formula is C13H3ClF8. The summed E-state index contributed by atoms with van der Waals surface area (Å²) in [4.78, 5) is 0. The zero-order chi connectivity index (χ0) is 16.8. The lowest BCUT2D eigenvalue weighted by atomic mass is 10.0. The lowest BCUT2D eigenvalue weighted by Crippen LogP contribution is -2.05. The molecule has 0 N–H and O–H groups in total. The third-order valence-electron chi connectivity index (χ3n) is 2.80. The van der Waals surface area contributed by atoms with Gasteiger partial charge in [0, 0.05) is 11.1 Å². The molecule has 0 saturated heterocycles. The van der Waals surface area contributed by atoms with Crippen LogP contribution in [0.4, 0.5) is 35.1 Å². The van der Waals surface area contributed by atoms with E-state index in [9.17, 15) is 35.1 Å². The van der Waals surface area contributed by atoms with E-state index in [-0.39, 0.29) is 6.07 Å². The van der Waals surface area contributed by atoms with Gasteiger partial charge < -0.3 is 0 Å². The number of alkyl halides is 2. The van der Waals surface area contributed by atoms with Crippen molar-refractivity contribution < 1.29 is 35.1 Å². The first-order chi connectivity index (χ1) is 10.2. The average molecular weight is 347 g/mol. The minimum Gasteiger partial charge on any atom is -0.206 e. The van der Waals surface area contributed by atoms with E-state index in [2.05, 4.69) is 0 Å². The van der Waals surface area contributed by atoms with Gasteiger partial charge in [-0.1, -0.05) is 11.6 Å². The molecule has 0 heterocycles. The Morgan fingerprint density at radius 3 is 1.64 bits per heavy atom. The minimum atomic E-state index is -3.19. The lowest BCUT2D eigenvalue weighted by Gasteiger charge is -2.11. The molecule has 0 unspecified atom stereocenters. The summed E-state index contributed by atoms with van der Waals surface area (Å²) in [6.45, 7) is 0. The summed E-state index contributed by atoms with van der Waals surface area (Å²) in [5.74, 6) is -13.2. The summed E-state index contributed by atoms with van der Waals surface area (Å²) < 4.78 is 105. The molecule has 0 radical (unpaired) electrons. The number of hydrogen-bond donors (Lipinski definition) is 0. The van der Waals surface area contributed by atoms with Gasteiger partial charge in [-0.05, 0) is 12.1 Å². The molecule has 0 amide bonds. The highest BCUT2D eigenvalue weighted by Gasteiger charge is 2.29. The molecule has 0 atom stereocenters. The first-order valence-corrected chi connectivity index (χ1v) is 5.83. The van der Waals surface area contributed by atoms with Gasteiger partial charge in [-0.15, -0.1) is 0 Å². The topological polar surface area (TPSA) is 0 Å². The summed E-state index contributed by atoms with van der Waals surface area (Å²) in [5, 5.41) is -0.782. The highest BCUT2D eigenvalue weighted by Crippen LogP contribution is 2.37. The first-order valence-electron chi connectivity index (χ1n) is 5.45. The fourth-order valence-corrected chi connectivity index (χ4v) is 2.01. The number of halogens is 9. The molecular weight excluding hydrogens is 344 g/mol. The molecule has 2 aromatic carbocycles. The Hall–Kier alpha value is -1.83. The second-order valence-corrected chi connectivity index (χ2v) is 4.51. The molecule has 0 fully saturated rings. The van der Waals surface area contributed by atoms with Crippen molar-refractivity contribution in [2.75, 3.05) is 0 Å². The van der Waals surface area contributed by atoms with Crippen LogP contribution in [-0.2, 0) is 0 Å². The van der Waals surface area contributed by atoms with Crippen molar-refractivity contribution in [2.24, 2.45) is 0 Å². The highest BCUT2D eigenvalue weighted by atomic mass is 35.5. The van der Waals surface area contributed by atoms with Crippen molar-refractivity contribution >= 4 is 11.6 Å². The van der Waals surface area contributed by atoms with E-state index < -0.39 is 63.0 Å². The van der Waals surface area contributed by atoms with Crippen LogP contribution in [0.5, 0.6) is 0 Å². The van der Waals surface area contributed by atoms with Crippen LogP contribution in [0.25, 0.3) is 11.1 Å². The van der Waals surface area contributed by atoms with Crippen LogP contribution in [0, 0.1) is 34.9 Å². The summed E-state index contributed by atoms with van der Waals surface area (Å²) in [5.41, 5.74) is -3.69. The van der Waals surface area contributed by atoms with Gasteiger partial charge in [-0.3, -0.25) is 0 Å². The summed E-state index contributed by atoms with van der Waals surface area (Å²) >= 11 is 5.41. The molecule has 0 spiro atoms. The Labute approximate surface area is 122 Å². The number of rotatable bonds is 2. The maximum atomic E-state index is 13.7. The smallest absolute Gasteiger partial charge is 0.206 e. The van der Waals surface area contributed by atoms with Gasteiger partial charge in [0.25, 0.3) is 6.43 Å².